The van der Waals surface area contributed by atoms with E-state index in [-0.39, 0.29) is 17.2 Å². The lowest BCUT2D eigenvalue weighted by molar-refractivity contribution is 0.0774. The molecule has 6 nitrogen and oxygen atoms in total. The van der Waals surface area contributed by atoms with Gasteiger partial charge in [-0.2, -0.15) is 0 Å². The van der Waals surface area contributed by atoms with E-state index in [0.29, 0.717) is 6.54 Å². The van der Waals surface area contributed by atoms with Gasteiger partial charge in [-0.3, -0.25) is 9.59 Å². The maximum Gasteiger partial charge on any atom is 0.270 e. The number of nitrogens with zero attached hydrogens (tertiary/aromatic N) is 3. The van der Waals surface area contributed by atoms with E-state index >= 15 is 0 Å². The van der Waals surface area contributed by atoms with Crippen LogP contribution in [0.15, 0.2) is 35.4 Å². The molecule has 18 heavy (non-hydrogen) atoms. The number of aryl methyl sites for hydroxylation is 1. The average molecular weight is 246 g/mol. The van der Waals surface area contributed by atoms with Gasteiger partial charge in [0.25, 0.3) is 5.91 Å². The highest BCUT2D eigenvalue weighted by Crippen LogP contribution is 2.03. The molecule has 1 amide bonds. The van der Waals surface area contributed by atoms with Crippen LogP contribution in [0.2, 0.25) is 0 Å². The molecule has 0 fully saturated rings. The van der Waals surface area contributed by atoms with Crippen LogP contribution in [-0.4, -0.2) is 32.4 Å². The molecule has 0 bridgehead atoms. The third-order valence-corrected chi connectivity index (χ3v) is 2.65. The lowest BCUT2D eigenvalue weighted by Crippen LogP contribution is -2.29. The largest absolute Gasteiger partial charge is 0.337 e. The standard InChI is InChI=1S/C12H14N4O2/c1-15-7-6-13-10(15)8-16(2)12(18)9-4-3-5-11(17)14-9/h3-7H,8H2,1-2H3,(H,14,17). The Bertz CT molecular complexity index is 614. The summed E-state index contributed by atoms with van der Waals surface area (Å²) in [4.78, 5) is 31.4. The summed E-state index contributed by atoms with van der Waals surface area (Å²) in [7, 11) is 3.54. The van der Waals surface area contributed by atoms with Crippen LogP contribution in [0.3, 0.4) is 0 Å². The van der Waals surface area contributed by atoms with Gasteiger partial charge in [0.05, 0.1) is 6.54 Å². The van der Waals surface area contributed by atoms with Gasteiger partial charge in [0.2, 0.25) is 5.56 Å². The molecule has 0 atom stereocenters. The van der Waals surface area contributed by atoms with Crippen LogP contribution in [0.5, 0.6) is 0 Å². The summed E-state index contributed by atoms with van der Waals surface area (Å²) >= 11 is 0. The fourth-order valence-electron chi connectivity index (χ4n) is 1.61. The first-order valence-electron chi connectivity index (χ1n) is 5.49. The zero-order valence-electron chi connectivity index (χ0n) is 10.3. The predicted molar refractivity (Wildman–Crippen MR) is 66.1 cm³/mol. The van der Waals surface area contributed by atoms with Gasteiger partial charge in [-0.15, -0.1) is 0 Å². The Balaban J connectivity index is 2.14. The average Bonchev–Trinajstić information content (AvgIpc) is 2.74. The first-order valence-corrected chi connectivity index (χ1v) is 5.49. The molecule has 94 valence electrons. The zero-order valence-corrected chi connectivity index (χ0v) is 10.3. The van der Waals surface area contributed by atoms with Crippen molar-refractivity contribution in [3.63, 3.8) is 0 Å². The lowest BCUT2D eigenvalue weighted by Gasteiger charge is -2.16. The predicted octanol–water partition coefficient (Wildman–Crippen LogP) is 0.381. The summed E-state index contributed by atoms with van der Waals surface area (Å²) < 4.78 is 1.84. The number of hydrogen-bond donors (Lipinski definition) is 1. The van der Waals surface area contributed by atoms with Gasteiger partial charge in [-0.05, 0) is 6.07 Å². The number of nitrogens with one attached hydrogen (secondary N) is 1. The number of imidazole rings is 1. The van der Waals surface area contributed by atoms with E-state index in [4.69, 9.17) is 0 Å². The molecule has 0 saturated carbocycles. The number of carbonyl (C=O) groups excluding carboxylic acids is 1. The summed E-state index contributed by atoms with van der Waals surface area (Å²) in [6.45, 7) is 0.388. The Morgan fingerprint density at radius 1 is 1.50 bits per heavy atom. The molecule has 0 radical (unpaired) electrons. The second-order valence-electron chi connectivity index (χ2n) is 4.04. The van der Waals surface area contributed by atoms with Crippen molar-refractivity contribution < 1.29 is 4.79 Å². The topological polar surface area (TPSA) is 71.0 Å². The molecular formula is C12H14N4O2. The van der Waals surface area contributed by atoms with Gasteiger partial charge in [-0.25, -0.2) is 4.98 Å². The summed E-state index contributed by atoms with van der Waals surface area (Å²) in [5.41, 5.74) is -0.00884. The quantitative estimate of drug-likeness (QED) is 0.851. The highest BCUT2D eigenvalue weighted by atomic mass is 16.2. The maximum atomic E-state index is 12.1. The van der Waals surface area contributed by atoms with Gasteiger partial charge in [0.1, 0.15) is 11.5 Å². The van der Waals surface area contributed by atoms with Crippen LogP contribution in [0.25, 0.3) is 0 Å². The highest BCUT2D eigenvalue weighted by molar-refractivity contribution is 5.91. The molecule has 2 aromatic heterocycles. The van der Waals surface area contributed by atoms with Gasteiger partial charge in [0.15, 0.2) is 0 Å². The summed E-state index contributed by atoms with van der Waals surface area (Å²) in [6.07, 6.45) is 3.50. The summed E-state index contributed by atoms with van der Waals surface area (Å²) in [5, 5.41) is 0. The molecule has 0 aliphatic rings. The van der Waals surface area contributed by atoms with Gasteiger partial charge in [-0.1, -0.05) is 6.07 Å². The van der Waals surface area contributed by atoms with Crippen LogP contribution in [0, 0.1) is 0 Å². The van der Waals surface area contributed by atoms with E-state index in [1.807, 2.05) is 17.8 Å². The van der Waals surface area contributed by atoms with E-state index < -0.39 is 0 Å². The van der Waals surface area contributed by atoms with E-state index in [0.717, 1.165) is 5.82 Å². The van der Waals surface area contributed by atoms with E-state index in [1.54, 1.807) is 25.4 Å². The van der Waals surface area contributed by atoms with Crippen LogP contribution in [-0.2, 0) is 13.6 Å². The monoisotopic (exact) mass is 246 g/mol. The molecule has 1 N–H and O–H groups in total. The number of pyridine rings is 1. The molecule has 2 aromatic rings. The van der Waals surface area contributed by atoms with Gasteiger partial charge in [0, 0.05) is 32.6 Å². The van der Waals surface area contributed by atoms with Crippen LogP contribution in [0.1, 0.15) is 16.3 Å². The minimum atomic E-state index is -0.286. The highest BCUT2D eigenvalue weighted by Gasteiger charge is 2.14. The second kappa shape index (κ2) is 4.87. The van der Waals surface area contributed by atoms with Gasteiger partial charge < -0.3 is 14.5 Å². The number of amides is 1. The van der Waals surface area contributed by atoms with E-state index in [1.165, 1.54) is 11.0 Å². The smallest absolute Gasteiger partial charge is 0.270 e. The van der Waals surface area contributed by atoms with Gasteiger partial charge >= 0.3 is 0 Å². The SMILES string of the molecule is CN(Cc1nccn1C)C(=O)c1cccc(=O)[nH]1. The molecule has 0 spiro atoms. The maximum absolute atomic E-state index is 12.1. The number of aromatic nitrogens is 3. The Kier molecular flexibility index (Phi) is 3.27. The van der Waals surface area contributed by atoms with Crippen molar-refractivity contribution in [3.8, 4) is 0 Å². The van der Waals surface area contributed by atoms with Crippen molar-refractivity contribution in [3.05, 3.63) is 52.5 Å². The fourth-order valence-corrected chi connectivity index (χ4v) is 1.61. The number of carbonyl (C=O) groups is 1. The molecule has 0 aliphatic carbocycles. The van der Waals surface area contributed by atoms with Crippen molar-refractivity contribution in [1.29, 1.82) is 0 Å². The summed E-state index contributed by atoms with van der Waals surface area (Å²) in [5.74, 6) is 0.542. The van der Waals surface area contributed by atoms with E-state index in [2.05, 4.69) is 9.97 Å². The first-order chi connectivity index (χ1) is 8.58. The Labute approximate surface area is 104 Å². The zero-order chi connectivity index (χ0) is 13.1. The molecule has 6 heteroatoms. The van der Waals surface area contributed by atoms with Crippen molar-refractivity contribution in [2.45, 2.75) is 6.54 Å². The Morgan fingerprint density at radius 3 is 2.89 bits per heavy atom. The fraction of sp³-hybridized carbons (Fsp3) is 0.250. The van der Waals surface area contributed by atoms with Crippen LogP contribution < -0.4 is 5.56 Å². The molecule has 0 aliphatic heterocycles. The molecular weight excluding hydrogens is 232 g/mol. The lowest BCUT2D eigenvalue weighted by atomic mass is 10.3. The molecule has 2 rings (SSSR count). The molecule has 0 aromatic carbocycles. The molecule has 0 unspecified atom stereocenters. The number of rotatable bonds is 3. The van der Waals surface area contributed by atoms with Crippen molar-refractivity contribution >= 4 is 5.91 Å². The Hall–Kier alpha value is -2.37. The van der Waals surface area contributed by atoms with Crippen LogP contribution >= 0.6 is 0 Å². The van der Waals surface area contributed by atoms with Crippen LogP contribution in [0.4, 0.5) is 0 Å². The third kappa shape index (κ3) is 2.48. The third-order valence-electron chi connectivity index (χ3n) is 2.65. The molecule has 2 heterocycles. The Morgan fingerprint density at radius 2 is 2.28 bits per heavy atom. The first kappa shape index (κ1) is 12.1. The minimum absolute atomic E-state index is 0.240. The van der Waals surface area contributed by atoms with E-state index in [9.17, 15) is 9.59 Å². The minimum Gasteiger partial charge on any atom is -0.337 e. The van der Waals surface area contributed by atoms with Crippen molar-refractivity contribution in [2.75, 3.05) is 7.05 Å². The second-order valence-corrected chi connectivity index (χ2v) is 4.04. The van der Waals surface area contributed by atoms with Crippen molar-refractivity contribution in [2.24, 2.45) is 7.05 Å². The number of hydrogen-bond acceptors (Lipinski definition) is 3. The van der Waals surface area contributed by atoms with Crippen molar-refractivity contribution in [1.82, 2.24) is 19.4 Å². The summed E-state index contributed by atoms with van der Waals surface area (Å²) in [6, 6.07) is 4.51. The number of H-pyrrole nitrogens is 1. The molecule has 0 saturated heterocycles. The number of aromatic amines is 1. The normalized spacial score (nSPS) is 10.3.